The Hall–Kier alpha value is -1.66. The fraction of sp³-hybridized carbons (Fsp3) is 0.571. The average molecular weight is 279 g/mol. The standard InChI is InChI=1S/C14H21N3O3/c1-11(10-17-5-7-20-8-6-17)16-14(18)12-3-4-15-13(9-12)19-2/h3-4,9,11H,5-8,10H2,1-2H3,(H,16,18)/t11-/m1/s1. The van der Waals surface area contributed by atoms with Crippen LogP contribution >= 0.6 is 0 Å². The van der Waals surface area contributed by atoms with Crippen LogP contribution in [0.1, 0.15) is 17.3 Å². The lowest BCUT2D eigenvalue weighted by molar-refractivity contribution is 0.0342. The van der Waals surface area contributed by atoms with Crippen LogP contribution < -0.4 is 10.1 Å². The summed E-state index contributed by atoms with van der Waals surface area (Å²) in [4.78, 5) is 18.4. The molecule has 1 amide bonds. The average Bonchev–Trinajstić information content (AvgIpc) is 2.48. The summed E-state index contributed by atoms with van der Waals surface area (Å²) in [6.07, 6.45) is 1.57. The van der Waals surface area contributed by atoms with Crippen LogP contribution in [0.25, 0.3) is 0 Å². The number of ether oxygens (including phenoxy) is 2. The third kappa shape index (κ3) is 4.18. The smallest absolute Gasteiger partial charge is 0.251 e. The van der Waals surface area contributed by atoms with E-state index in [1.807, 2.05) is 6.92 Å². The van der Waals surface area contributed by atoms with Crippen LogP contribution in [-0.2, 0) is 4.74 Å². The molecule has 1 N–H and O–H groups in total. The molecular formula is C14H21N3O3. The molecule has 1 atom stereocenters. The van der Waals surface area contributed by atoms with Gasteiger partial charge in [-0.05, 0) is 13.0 Å². The SMILES string of the molecule is COc1cc(C(=O)N[C@H](C)CN2CCOCC2)ccn1. The van der Waals surface area contributed by atoms with Crippen LogP contribution in [0.3, 0.4) is 0 Å². The summed E-state index contributed by atoms with van der Waals surface area (Å²) in [5.74, 6) is 0.338. The predicted octanol–water partition coefficient (Wildman–Crippen LogP) is 0.541. The summed E-state index contributed by atoms with van der Waals surface area (Å²) < 4.78 is 10.3. The Bertz CT molecular complexity index is 447. The number of nitrogens with zero attached hydrogens (tertiary/aromatic N) is 2. The zero-order chi connectivity index (χ0) is 14.4. The molecule has 0 radical (unpaired) electrons. The summed E-state index contributed by atoms with van der Waals surface area (Å²) in [5.41, 5.74) is 0.561. The Morgan fingerprint density at radius 1 is 1.55 bits per heavy atom. The maximum Gasteiger partial charge on any atom is 0.251 e. The van der Waals surface area contributed by atoms with E-state index in [1.165, 1.54) is 7.11 Å². The number of methoxy groups -OCH3 is 1. The molecule has 1 aromatic rings. The lowest BCUT2D eigenvalue weighted by atomic mass is 10.2. The molecule has 1 aliphatic rings. The predicted molar refractivity (Wildman–Crippen MR) is 75.0 cm³/mol. The fourth-order valence-corrected chi connectivity index (χ4v) is 2.19. The van der Waals surface area contributed by atoms with E-state index in [0.29, 0.717) is 11.4 Å². The van der Waals surface area contributed by atoms with Gasteiger partial charge in [0.2, 0.25) is 5.88 Å². The van der Waals surface area contributed by atoms with Crippen molar-refractivity contribution in [3.05, 3.63) is 23.9 Å². The zero-order valence-electron chi connectivity index (χ0n) is 12.0. The molecule has 0 spiro atoms. The second-order valence-corrected chi connectivity index (χ2v) is 4.87. The summed E-state index contributed by atoms with van der Waals surface area (Å²) in [6.45, 7) is 6.21. The van der Waals surface area contributed by atoms with Crippen LogP contribution in [0.5, 0.6) is 5.88 Å². The van der Waals surface area contributed by atoms with E-state index in [4.69, 9.17) is 9.47 Å². The number of pyridine rings is 1. The Morgan fingerprint density at radius 3 is 3.00 bits per heavy atom. The van der Waals surface area contributed by atoms with Crippen LogP contribution in [0.15, 0.2) is 18.3 Å². The van der Waals surface area contributed by atoms with Crippen molar-refractivity contribution in [1.82, 2.24) is 15.2 Å². The van der Waals surface area contributed by atoms with Crippen molar-refractivity contribution in [3.63, 3.8) is 0 Å². The van der Waals surface area contributed by atoms with Gasteiger partial charge in [0, 0.05) is 43.5 Å². The fourth-order valence-electron chi connectivity index (χ4n) is 2.19. The van der Waals surface area contributed by atoms with Crippen molar-refractivity contribution >= 4 is 5.91 Å². The molecule has 0 unspecified atom stereocenters. The van der Waals surface area contributed by atoms with E-state index < -0.39 is 0 Å². The van der Waals surface area contributed by atoms with Crippen molar-refractivity contribution in [2.24, 2.45) is 0 Å². The lowest BCUT2D eigenvalue weighted by Crippen LogP contribution is -2.46. The van der Waals surface area contributed by atoms with E-state index in [1.54, 1.807) is 18.3 Å². The number of hydrogen-bond donors (Lipinski definition) is 1. The third-order valence-corrected chi connectivity index (χ3v) is 3.22. The van der Waals surface area contributed by atoms with Crippen molar-refractivity contribution in [3.8, 4) is 5.88 Å². The van der Waals surface area contributed by atoms with Gasteiger partial charge in [0.15, 0.2) is 0 Å². The van der Waals surface area contributed by atoms with Crippen molar-refractivity contribution in [2.75, 3.05) is 40.0 Å². The minimum absolute atomic E-state index is 0.0831. The van der Waals surface area contributed by atoms with Gasteiger partial charge in [-0.1, -0.05) is 0 Å². The van der Waals surface area contributed by atoms with Crippen molar-refractivity contribution < 1.29 is 14.3 Å². The van der Waals surface area contributed by atoms with Crippen LogP contribution in [0, 0.1) is 0 Å². The highest BCUT2D eigenvalue weighted by Crippen LogP contribution is 2.08. The first-order valence-electron chi connectivity index (χ1n) is 6.80. The number of nitrogens with one attached hydrogen (secondary N) is 1. The van der Waals surface area contributed by atoms with E-state index in [2.05, 4.69) is 15.2 Å². The van der Waals surface area contributed by atoms with E-state index in [9.17, 15) is 4.79 Å². The minimum atomic E-state index is -0.105. The van der Waals surface area contributed by atoms with Gasteiger partial charge < -0.3 is 14.8 Å². The van der Waals surface area contributed by atoms with Gasteiger partial charge in [-0.2, -0.15) is 0 Å². The maximum atomic E-state index is 12.1. The summed E-state index contributed by atoms with van der Waals surface area (Å²) >= 11 is 0. The van der Waals surface area contributed by atoms with Gasteiger partial charge in [-0.25, -0.2) is 4.98 Å². The van der Waals surface area contributed by atoms with Crippen LogP contribution in [-0.4, -0.2) is 61.8 Å². The maximum absolute atomic E-state index is 12.1. The van der Waals surface area contributed by atoms with E-state index in [0.717, 1.165) is 32.8 Å². The first kappa shape index (κ1) is 14.7. The number of rotatable bonds is 5. The van der Waals surface area contributed by atoms with Gasteiger partial charge in [0.1, 0.15) is 0 Å². The number of hydrogen-bond acceptors (Lipinski definition) is 5. The quantitative estimate of drug-likeness (QED) is 0.852. The number of morpholine rings is 1. The molecule has 0 saturated carbocycles. The number of amides is 1. The number of carbonyl (C=O) groups excluding carboxylic acids is 1. The minimum Gasteiger partial charge on any atom is -0.481 e. The van der Waals surface area contributed by atoms with Crippen LogP contribution in [0.2, 0.25) is 0 Å². The van der Waals surface area contributed by atoms with Gasteiger partial charge in [0.05, 0.1) is 20.3 Å². The highest BCUT2D eigenvalue weighted by atomic mass is 16.5. The summed E-state index contributed by atoms with van der Waals surface area (Å²) in [7, 11) is 1.53. The van der Waals surface area contributed by atoms with Crippen molar-refractivity contribution in [1.29, 1.82) is 0 Å². The van der Waals surface area contributed by atoms with E-state index >= 15 is 0 Å². The molecule has 20 heavy (non-hydrogen) atoms. The largest absolute Gasteiger partial charge is 0.481 e. The summed E-state index contributed by atoms with van der Waals surface area (Å²) in [5, 5.41) is 2.99. The first-order valence-corrected chi connectivity index (χ1v) is 6.80. The van der Waals surface area contributed by atoms with Crippen LogP contribution in [0.4, 0.5) is 0 Å². The molecule has 110 valence electrons. The van der Waals surface area contributed by atoms with Gasteiger partial charge in [-0.3, -0.25) is 9.69 Å². The van der Waals surface area contributed by atoms with Gasteiger partial charge in [-0.15, -0.1) is 0 Å². The molecule has 0 bridgehead atoms. The second-order valence-electron chi connectivity index (χ2n) is 4.87. The lowest BCUT2D eigenvalue weighted by Gasteiger charge is -2.29. The molecule has 1 fully saturated rings. The molecule has 1 saturated heterocycles. The highest BCUT2D eigenvalue weighted by Gasteiger charge is 2.16. The molecular weight excluding hydrogens is 258 g/mol. The monoisotopic (exact) mass is 279 g/mol. The van der Waals surface area contributed by atoms with Gasteiger partial charge in [0.25, 0.3) is 5.91 Å². The Balaban J connectivity index is 1.86. The molecule has 1 aliphatic heterocycles. The number of carbonyl (C=O) groups is 1. The molecule has 2 heterocycles. The molecule has 6 nitrogen and oxygen atoms in total. The molecule has 6 heteroatoms. The third-order valence-electron chi connectivity index (χ3n) is 3.22. The Labute approximate surface area is 119 Å². The highest BCUT2D eigenvalue weighted by molar-refractivity contribution is 5.94. The normalized spacial score (nSPS) is 17.5. The van der Waals surface area contributed by atoms with E-state index in [-0.39, 0.29) is 11.9 Å². The zero-order valence-corrected chi connectivity index (χ0v) is 12.0. The van der Waals surface area contributed by atoms with Crippen molar-refractivity contribution in [2.45, 2.75) is 13.0 Å². The Morgan fingerprint density at radius 2 is 2.30 bits per heavy atom. The summed E-state index contributed by atoms with van der Waals surface area (Å²) in [6, 6.07) is 3.40. The number of aromatic nitrogens is 1. The molecule has 0 aliphatic carbocycles. The molecule has 1 aromatic heterocycles. The second kappa shape index (κ2) is 7.21. The Kier molecular flexibility index (Phi) is 5.31. The first-order chi connectivity index (χ1) is 9.69. The topological polar surface area (TPSA) is 63.7 Å². The molecule has 0 aromatic carbocycles. The van der Waals surface area contributed by atoms with Gasteiger partial charge >= 0.3 is 0 Å². The molecule has 2 rings (SSSR count).